The van der Waals surface area contributed by atoms with Crippen molar-refractivity contribution in [2.75, 3.05) is 0 Å². The smallest absolute Gasteiger partial charge is 0.129 e. The van der Waals surface area contributed by atoms with Gasteiger partial charge in [0.15, 0.2) is 0 Å². The molecule has 96 valence electrons. The first-order valence-corrected chi connectivity index (χ1v) is 6.46. The van der Waals surface area contributed by atoms with Crippen LogP contribution in [0.3, 0.4) is 0 Å². The molecule has 0 radical (unpaired) electrons. The third kappa shape index (κ3) is 2.13. The zero-order valence-corrected chi connectivity index (χ0v) is 10.6. The summed E-state index contributed by atoms with van der Waals surface area (Å²) in [5, 5.41) is 19.8. The van der Waals surface area contributed by atoms with Gasteiger partial charge in [-0.3, -0.25) is 0 Å². The van der Waals surface area contributed by atoms with E-state index < -0.39 is 17.3 Å². The zero-order chi connectivity index (χ0) is 13.2. The molecule has 2 rings (SSSR count). The second-order valence-electron chi connectivity index (χ2n) is 5.21. The summed E-state index contributed by atoms with van der Waals surface area (Å²) >= 11 is 0. The molecule has 2 nitrogen and oxygen atoms in total. The van der Waals surface area contributed by atoms with Gasteiger partial charge in [-0.25, -0.2) is 4.39 Å². The normalized spacial score (nSPS) is 28.9. The second kappa shape index (κ2) is 5.07. The summed E-state index contributed by atoms with van der Waals surface area (Å²) in [7, 11) is 0. The maximum Gasteiger partial charge on any atom is 0.129 e. The van der Waals surface area contributed by atoms with Gasteiger partial charge in [0.1, 0.15) is 11.9 Å². The molecule has 0 saturated heterocycles. The van der Waals surface area contributed by atoms with Crippen LogP contribution in [0.5, 0.6) is 0 Å². The van der Waals surface area contributed by atoms with E-state index in [0.717, 1.165) is 12.8 Å². The quantitative estimate of drug-likeness (QED) is 0.887. The number of halogens is 1. The molecular formula is C15H18FNO. The van der Waals surface area contributed by atoms with Crippen LogP contribution in [0.1, 0.15) is 44.3 Å². The van der Waals surface area contributed by atoms with Crippen molar-refractivity contribution in [3.05, 3.63) is 35.6 Å². The van der Waals surface area contributed by atoms with Gasteiger partial charge in [-0.05, 0) is 31.2 Å². The summed E-state index contributed by atoms with van der Waals surface area (Å²) < 4.78 is 13.7. The lowest BCUT2D eigenvalue weighted by atomic mass is 9.77. The number of hydrogen-bond donors (Lipinski definition) is 1. The molecule has 18 heavy (non-hydrogen) atoms. The lowest BCUT2D eigenvalue weighted by molar-refractivity contribution is 0.0609. The molecule has 0 aromatic heterocycles. The average Bonchev–Trinajstić information content (AvgIpc) is 2.83. The number of benzene rings is 1. The van der Waals surface area contributed by atoms with Crippen LogP contribution in [0, 0.1) is 28.5 Å². The van der Waals surface area contributed by atoms with Gasteiger partial charge in [-0.1, -0.05) is 31.5 Å². The molecule has 1 aromatic rings. The number of aliphatic hydroxyl groups is 1. The van der Waals surface area contributed by atoms with Crippen LogP contribution in [0.15, 0.2) is 24.3 Å². The largest absolute Gasteiger partial charge is 0.387 e. The Morgan fingerprint density at radius 2 is 2.28 bits per heavy atom. The van der Waals surface area contributed by atoms with Gasteiger partial charge in [0, 0.05) is 5.56 Å². The lowest BCUT2D eigenvalue weighted by Crippen LogP contribution is -2.25. The second-order valence-corrected chi connectivity index (χ2v) is 5.21. The van der Waals surface area contributed by atoms with Crippen molar-refractivity contribution in [1.29, 1.82) is 5.26 Å². The van der Waals surface area contributed by atoms with Gasteiger partial charge in [0.25, 0.3) is 0 Å². The van der Waals surface area contributed by atoms with Crippen molar-refractivity contribution in [2.24, 2.45) is 11.3 Å². The van der Waals surface area contributed by atoms with E-state index in [0.29, 0.717) is 18.8 Å². The predicted molar refractivity (Wildman–Crippen MR) is 67.0 cm³/mol. The topological polar surface area (TPSA) is 44.0 Å². The van der Waals surface area contributed by atoms with Gasteiger partial charge in [-0.15, -0.1) is 0 Å². The first-order chi connectivity index (χ1) is 8.63. The third-order valence-corrected chi connectivity index (χ3v) is 4.17. The van der Waals surface area contributed by atoms with Crippen molar-refractivity contribution >= 4 is 0 Å². The molecule has 1 saturated carbocycles. The van der Waals surface area contributed by atoms with Crippen LogP contribution in [0.25, 0.3) is 0 Å². The zero-order valence-electron chi connectivity index (χ0n) is 10.6. The summed E-state index contributed by atoms with van der Waals surface area (Å²) in [5.41, 5.74) is -0.570. The minimum Gasteiger partial charge on any atom is -0.387 e. The molecule has 0 spiro atoms. The number of aliphatic hydroxyl groups excluding tert-OH is 1. The Bertz CT molecular complexity index is 468. The minimum atomic E-state index is -1.03. The van der Waals surface area contributed by atoms with E-state index in [9.17, 15) is 14.8 Å². The van der Waals surface area contributed by atoms with Gasteiger partial charge in [-0.2, -0.15) is 5.26 Å². The van der Waals surface area contributed by atoms with E-state index in [-0.39, 0.29) is 5.56 Å². The van der Waals surface area contributed by atoms with Gasteiger partial charge >= 0.3 is 0 Å². The minimum absolute atomic E-state index is 0.246. The van der Waals surface area contributed by atoms with Crippen LogP contribution in [-0.4, -0.2) is 5.11 Å². The molecule has 0 bridgehead atoms. The van der Waals surface area contributed by atoms with Crippen LogP contribution in [-0.2, 0) is 0 Å². The predicted octanol–water partition coefficient (Wildman–Crippen LogP) is 3.58. The van der Waals surface area contributed by atoms with Crippen LogP contribution in [0.4, 0.5) is 4.39 Å². The average molecular weight is 247 g/mol. The molecule has 1 aliphatic carbocycles. The molecule has 3 heteroatoms. The van der Waals surface area contributed by atoms with Crippen LogP contribution >= 0.6 is 0 Å². The Balaban J connectivity index is 2.30. The molecular weight excluding hydrogens is 229 g/mol. The van der Waals surface area contributed by atoms with E-state index >= 15 is 0 Å². The molecule has 3 unspecified atom stereocenters. The summed E-state index contributed by atoms with van der Waals surface area (Å²) in [5.74, 6) is 0.0330. The highest BCUT2D eigenvalue weighted by molar-refractivity contribution is 5.25. The van der Waals surface area contributed by atoms with Crippen LogP contribution < -0.4 is 0 Å². The van der Waals surface area contributed by atoms with Crippen molar-refractivity contribution < 1.29 is 9.50 Å². The summed E-state index contributed by atoms with van der Waals surface area (Å²) in [6.45, 7) is 2.09. The van der Waals surface area contributed by atoms with Gasteiger partial charge in [0.05, 0.1) is 11.5 Å². The van der Waals surface area contributed by atoms with Crippen molar-refractivity contribution in [3.8, 4) is 6.07 Å². The van der Waals surface area contributed by atoms with Crippen molar-refractivity contribution in [3.63, 3.8) is 0 Å². The van der Waals surface area contributed by atoms with E-state index in [1.165, 1.54) is 6.07 Å². The maximum atomic E-state index is 13.7. The molecule has 3 atom stereocenters. The molecule has 0 aliphatic heterocycles. The molecule has 1 N–H and O–H groups in total. The Morgan fingerprint density at radius 1 is 1.56 bits per heavy atom. The van der Waals surface area contributed by atoms with Crippen LogP contribution in [0.2, 0.25) is 0 Å². The number of nitrogens with zero attached hydrogens (tertiary/aromatic N) is 1. The first-order valence-electron chi connectivity index (χ1n) is 6.46. The molecule has 0 amide bonds. The molecule has 1 fully saturated rings. The van der Waals surface area contributed by atoms with E-state index in [1.54, 1.807) is 18.2 Å². The van der Waals surface area contributed by atoms with E-state index in [4.69, 9.17) is 0 Å². The monoisotopic (exact) mass is 247 g/mol. The maximum absolute atomic E-state index is 13.7. The Morgan fingerprint density at radius 3 is 2.83 bits per heavy atom. The SMILES string of the molecule is CCC1CCC(C#N)(C(O)c2ccccc2F)C1. The standard InChI is InChI=1S/C15H18FNO/c1-2-11-7-8-15(9-11,10-17)14(18)12-5-3-4-6-13(12)16/h3-6,11,14,18H,2,7-9H2,1H3. The molecule has 1 aliphatic rings. The Kier molecular flexibility index (Phi) is 3.68. The number of nitriles is 1. The fourth-order valence-corrected chi connectivity index (χ4v) is 2.93. The molecule has 1 aromatic carbocycles. The number of rotatable bonds is 3. The van der Waals surface area contributed by atoms with Gasteiger partial charge in [0.2, 0.25) is 0 Å². The number of hydrogen-bond acceptors (Lipinski definition) is 2. The first kappa shape index (κ1) is 13.0. The highest BCUT2D eigenvalue weighted by atomic mass is 19.1. The Hall–Kier alpha value is -1.40. The lowest BCUT2D eigenvalue weighted by Gasteiger charge is -2.28. The van der Waals surface area contributed by atoms with Crippen molar-refractivity contribution in [2.45, 2.75) is 38.7 Å². The van der Waals surface area contributed by atoms with E-state index in [1.807, 2.05) is 0 Å². The fourth-order valence-electron chi connectivity index (χ4n) is 2.93. The summed E-state index contributed by atoms with van der Waals surface area (Å²) in [6, 6.07) is 8.43. The highest BCUT2D eigenvalue weighted by Gasteiger charge is 2.45. The van der Waals surface area contributed by atoms with Gasteiger partial charge < -0.3 is 5.11 Å². The summed E-state index contributed by atoms with van der Waals surface area (Å²) in [4.78, 5) is 0. The van der Waals surface area contributed by atoms with Crippen molar-refractivity contribution in [1.82, 2.24) is 0 Å². The van der Waals surface area contributed by atoms with E-state index in [2.05, 4.69) is 13.0 Å². The molecule has 0 heterocycles. The third-order valence-electron chi connectivity index (χ3n) is 4.17. The summed E-state index contributed by atoms with van der Waals surface area (Å²) in [6.07, 6.45) is 2.23. The highest BCUT2D eigenvalue weighted by Crippen LogP contribution is 2.50. The fraction of sp³-hybridized carbons (Fsp3) is 0.533. The Labute approximate surface area is 107 Å².